The van der Waals surface area contributed by atoms with E-state index in [4.69, 9.17) is 14.2 Å². The molecule has 124 valence electrons. The van der Waals surface area contributed by atoms with Gasteiger partial charge in [-0.1, -0.05) is 0 Å². The predicted octanol–water partition coefficient (Wildman–Crippen LogP) is 1.18. The van der Waals surface area contributed by atoms with Crippen LogP contribution < -0.4 is 4.74 Å². The van der Waals surface area contributed by atoms with Crippen LogP contribution >= 0.6 is 22.6 Å². The summed E-state index contributed by atoms with van der Waals surface area (Å²) in [6.07, 6.45) is 0. The fourth-order valence-corrected chi connectivity index (χ4v) is 3.98. The van der Waals surface area contributed by atoms with Gasteiger partial charge in [-0.15, -0.1) is 0 Å². The number of ether oxygens (including phenoxy) is 3. The summed E-state index contributed by atoms with van der Waals surface area (Å²) >= 11 is 2.23. The zero-order valence-electron chi connectivity index (χ0n) is 12.8. The van der Waals surface area contributed by atoms with Crippen LogP contribution in [0.5, 0.6) is 5.75 Å². The van der Waals surface area contributed by atoms with E-state index in [1.807, 2.05) is 18.2 Å². The monoisotopic (exact) mass is 430 g/mol. The zero-order chi connectivity index (χ0) is 15.9. The maximum atomic E-state index is 13.4. The Labute approximate surface area is 148 Å². The van der Waals surface area contributed by atoms with Crippen LogP contribution in [0.2, 0.25) is 0 Å². The molecule has 6 nitrogen and oxygen atoms in total. The number of halogens is 1. The lowest BCUT2D eigenvalue weighted by molar-refractivity contribution is -0.190. The third kappa shape index (κ3) is 2.58. The summed E-state index contributed by atoms with van der Waals surface area (Å²) in [5.41, 5.74) is 0.676. The van der Waals surface area contributed by atoms with E-state index >= 15 is 0 Å². The van der Waals surface area contributed by atoms with Gasteiger partial charge in [-0.3, -0.25) is 4.79 Å². The average Bonchev–Trinajstić information content (AvgIpc) is 2.90. The first-order chi connectivity index (χ1) is 11.2. The molecule has 1 aromatic rings. The normalized spacial score (nSPS) is 25.2. The minimum atomic E-state index is -1.04. The Balaban J connectivity index is 1.76. The molecule has 4 rings (SSSR count). The van der Waals surface area contributed by atoms with E-state index in [0.29, 0.717) is 63.9 Å². The van der Waals surface area contributed by atoms with E-state index in [1.54, 1.807) is 0 Å². The van der Waals surface area contributed by atoms with Crippen molar-refractivity contribution in [2.75, 3.05) is 52.6 Å². The summed E-state index contributed by atoms with van der Waals surface area (Å²) in [5.74, 6) is -0.330. The third-order valence-electron chi connectivity index (χ3n) is 4.61. The molecule has 0 N–H and O–H groups in total. The van der Waals surface area contributed by atoms with Crippen molar-refractivity contribution in [3.05, 3.63) is 27.3 Å². The van der Waals surface area contributed by atoms with E-state index in [2.05, 4.69) is 32.4 Å². The van der Waals surface area contributed by atoms with E-state index in [1.165, 1.54) is 0 Å². The minimum Gasteiger partial charge on any atom is -0.451 e. The summed E-state index contributed by atoms with van der Waals surface area (Å²) in [6, 6.07) is 5.79. The molecule has 7 heteroatoms. The van der Waals surface area contributed by atoms with Crippen LogP contribution in [0.25, 0.3) is 0 Å². The third-order valence-corrected chi connectivity index (χ3v) is 5.28. The first kappa shape index (κ1) is 15.8. The number of rotatable bonds is 2. The standard InChI is InChI=1S/C16H19IN2O4/c17-12-1-2-14-13(11-12)15(20)16(23-14,18-3-7-21-8-4-18)19-5-9-22-10-6-19/h1-2,11H,3-10H2. The lowest BCUT2D eigenvalue weighted by Gasteiger charge is -2.48. The van der Waals surface area contributed by atoms with Crippen molar-refractivity contribution in [2.24, 2.45) is 0 Å². The molecule has 23 heavy (non-hydrogen) atoms. The van der Waals surface area contributed by atoms with Crippen molar-refractivity contribution >= 4 is 28.4 Å². The van der Waals surface area contributed by atoms with Crippen LogP contribution in [-0.4, -0.2) is 74.0 Å². The van der Waals surface area contributed by atoms with Gasteiger partial charge in [-0.25, -0.2) is 9.80 Å². The van der Waals surface area contributed by atoms with Crippen LogP contribution in [0.1, 0.15) is 10.4 Å². The molecule has 0 unspecified atom stereocenters. The van der Waals surface area contributed by atoms with Crippen LogP contribution in [0.3, 0.4) is 0 Å². The Morgan fingerprint density at radius 3 is 2.09 bits per heavy atom. The van der Waals surface area contributed by atoms with Crippen molar-refractivity contribution in [2.45, 2.75) is 5.85 Å². The van der Waals surface area contributed by atoms with E-state index < -0.39 is 5.85 Å². The molecule has 3 heterocycles. The van der Waals surface area contributed by atoms with Crippen molar-refractivity contribution in [1.29, 1.82) is 0 Å². The molecular weight excluding hydrogens is 411 g/mol. The van der Waals surface area contributed by atoms with Gasteiger partial charge in [0.15, 0.2) is 0 Å². The van der Waals surface area contributed by atoms with Crippen molar-refractivity contribution < 1.29 is 19.0 Å². The summed E-state index contributed by atoms with van der Waals surface area (Å²) in [7, 11) is 0. The Hall–Kier alpha value is -0.740. The quantitative estimate of drug-likeness (QED) is 0.658. The second-order valence-corrected chi connectivity index (χ2v) is 7.12. The molecule has 0 spiro atoms. The highest BCUT2D eigenvalue weighted by Gasteiger charge is 2.57. The molecule has 0 radical (unpaired) electrons. The average molecular weight is 430 g/mol. The molecule has 0 aromatic heterocycles. The highest BCUT2D eigenvalue weighted by atomic mass is 127. The number of hydrogen-bond donors (Lipinski definition) is 0. The van der Waals surface area contributed by atoms with Gasteiger partial charge in [0.25, 0.3) is 5.85 Å². The highest BCUT2D eigenvalue weighted by Crippen LogP contribution is 2.40. The second-order valence-electron chi connectivity index (χ2n) is 5.88. The molecule has 0 bridgehead atoms. The van der Waals surface area contributed by atoms with Crippen molar-refractivity contribution in [1.82, 2.24) is 9.80 Å². The van der Waals surface area contributed by atoms with Gasteiger partial charge in [-0.05, 0) is 40.8 Å². The largest absolute Gasteiger partial charge is 0.451 e. The molecule has 3 aliphatic rings. The topological polar surface area (TPSA) is 51.2 Å². The van der Waals surface area contributed by atoms with Gasteiger partial charge in [0.2, 0.25) is 5.78 Å². The summed E-state index contributed by atoms with van der Waals surface area (Å²) in [4.78, 5) is 17.6. The number of carbonyl (C=O) groups is 1. The summed E-state index contributed by atoms with van der Waals surface area (Å²) in [5, 5.41) is 0. The van der Waals surface area contributed by atoms with E-state index in [9.17, 15) is 4.79 Å². The number of carbonyl (C=O) groups excluding carboxylic acids is 1. The van der Waals surface area contributed by atoms with Crippen LogP contribution in [0.15, 0.2) is 18.2 Å². The van der Waals surface area contributed by atoms with Gasteiger partial charge >= 0.3 is 0 Å². The molecule has 0 amide bonds. The smallest absolute Gasteiger partial charge is 0.288 e. The van der Waals surface area contributed by atoms with Gasteiger partial charge in [0.1, 0.15) is 5.75 Å². The number of ketones is 1. The number of morpholine rings is 2. The first-order valence-corrected chi connectivity index (χ1v) is 8.98. The Morgan fingerprint density at radius 1 is 0.957 bits per heavy atom. The Bertz CT molecular complexity index is 594. The van der Waals surface area contributed by atoms with Crippen LogP contribution in [0.4, 0.5) is 0 Å². The number of fused-ring (bicyclic) bond motifs is 1. The molecule has 2 saturated heterocycles. The molecule has 2 fully saturated rings. The molecular formula is C16H19IN2O4. The molecule has 0 atom stereocenters. The number of hydrogen-bond acceptors (Lipinski definition) is 6. The Morgan fingerprint density at radius 2 is 1.52 bits per heavy atom. The first-order valence-electron chi connectivity index (χ1n) is 7.91. The fourth-order valence-electron chi connectivity index (χ4n) is 3.49. The predicted molar refractivity (Wildman–Crippen MR) is 91.6 cm³/mol. The summed E-state index contributed by atoms with van der Waals surface area (Å²) < 4.78 is 18.3. The number of benzene rings is 1. The number of nitrogens with zero attached hydrogens (tertiary/aromatic N) is 2. The molecule has 0 saturated carbocycles. The zero-order valence-corrected chi connectivity index (χ0v) is 15.0. The SMILES string of the molecule is O=C1c2cc(I)ccc2OC1(N1CCOCC1)N1CCOCC1. The van der Waals surface area contributed by atoms with Gasteiger partial charge in [0.05, 0.1) is 32.0 Å². The maximum absolute atomic E-state index is 13.4. The molecule has 1 aromatic carbocycles. The van der Waals surface area contributed by atoms with Gasteiger partial charge in [0, 0.05) is 29.7 Å². The molecule has 3 aliphatic heterocycles. The van der Waals surface area contributed by atoms with Crippen molar-refractivity contribution in [3.63, 3.8) is 0 Å². The Kier molecular flexibility index (Phi) is 4.31. The maximum Gasteiger partial charge on any atom is 0.288 e. The second kappa shape index (κ2) is 6.29. The number of Topliss-reactive ketones (excluding diaryl/α,β-unsaturated/α-hetero) is 1. The van der Waals surface area contributed by atoms with Crippen LogP contribution in [0, 0.1) is 3.57 Å². The van der Waals surface area contributed by atoms with E-state index in [0.717, 1.165) is 3.57 Å². The fraction of sp³-hybridized carbons (Fsp3) is 0.562. The van der Waals surface area contributed by atoms with Gasteiger partial charge < -0.3 is 14.2 Å². The van der Waals surface area contributed by atoms with Crippen LogP contribution in [-0.2, 0) is 9.47 Å². The lowest BCUT2D eigenvalue weighted by atomic mass is 10.1. The lowest BCUT2D eigenvalue weighted by Crippen LogP contribution is -2.70. The minimum absolute atomic E-state index is 0.0369. The van der Waals surface area contributed by atoms with Crippen molar-refractivity contribution in [3.8, 4) is 5.75 Å². The van der Waals surface area contributed by atoms with E-state index in [-0.39, 0.29) is 5.78 Å². The molecule has 0 aliphatic carbocycles. The summed E-state index contributed by atoms with van der Waals surface area (Å²) in [6.45, 7) is 5.24. The van der Waals surface area contributed by atoms with Gasteiger partial charge in [-0.2, -0.15) is 0 Å². The highest BCUT2D eigenvalue weighted by molar-refractivity contribution is 14.1.